The molecule has 3 rings (SSSR count). The molecule has 5 nitrogen and oxygen atoms in total. The summed E-state index contributed by atoms with van der Waals surface area (Å²) < 4.78 is 5.29. The van der Waals surface area contributed by atoms with Crippen molar-refractivity contribution < 1.29 is 14.3 Å². The fraction of sp³-hybridized carbons (Fsp3) is 0.333. The predicted molar refractivity (Wildman–Crippen MR) is 106 cm³/mol. The van der Waals surface area contributed by atoms with Crippen LogP contribution in [-0.2, 0) is 16.1 Å². The average molecular weight is 387 g/mol. The molecule has 0 atom stereocenters. The van der Waals surface area contributed by atoms with Gasteiger partial charge in [0.25, 0.3) is 0 Å². The van der Waals surface area contributed by atoms with Crippen molar-refractivity contribution in [3.8, 4) is 5.75 Å². The van der Waals surface area contributed by atoms with Gasteiger partial charge in [-0.25, -0.2) is 0 Å². The Hall–Kier alpha value is -2.53. The SMILES string of the molecule is COc1cc(Cl)c(C)cc1NC(=O)C1(C(=O)NCc2cccc(C)c2)CC1. The van der Waals surface area contributed by atoms with Gasteiger partial charge in [0.05, 0.1) is 12.8 Å². The van der Waals surface area contributed by atoms with Gasteiger partial charge in [0.1, 0.15) is 11.2 Å². The summed E-state index contributed by atoms with van der Waals surface area (Å²) >= 11 is 6.11. The highest BCUT2D eigenvalue weighted by molar-refractivity contribution is 6.31. The number of amides is 2. The van der Waals surface area contributed by atoms with E-state index < -0.39 is 5.41 Å². The van der Waals surface area contributed by atoms with E-state index in [1.807, 2.05) is 38.1 Å². The summed E-state index contributed by atoms with van der Waals surface area (Å²) in [6.45, 7) is 4.25. The van der Waals surface area contributed by atoms with Crippen LogP contribution in [0.1, 0.15) is 29.5 Å². The highest BCUT2D eigenvalue weighted by Gasteiger charge is 2.56. The largest absolute Gasteiger partial charge is 0.495 e. The zero-order valence-electron chi connectivity index (χ0n) is 15.7. The Bertz CT molecular complexity index is 891. The van der Waals surface area contributed by atoms with Crippen LogP contribution in [0.4, 0.5) is 5.69 Å². The minimum Gasteiger partial charge on any atom is -0.495 e. The number of aryl methyl sites for hydroxylation is 2. The van der Waals surface area contributed by atoms with Crippen molar-refractivity contribution >= 4 is 29.1 Å². The van der Waals surface area contributed by atoms with Crippen molar-refractivity contribution in [2.75, 3.05) is 12.4 Å². The lowest BCUT2D eigenvalue weighted by Crippen LogP contribution is -2.39. The molecule has 142 valence electrons. The molecule has 2 aromatic carbocycles. The van der Waals surface area contributed by atoms with Gasteiger partial charge in [-0.15, -0.1) is 0 Å². The minimum atomic E-state index is -1.01. The highest BCUT2D eigenvalue weighted by Crippen LogP contribution is 2.47. The second-order valence-electron chi connectivity index (χ2n) is 7.01. The summed E-state index contributed by atoms with van der Waals surface area (Å²) in [6.07, 6.45) is 1.07. The lowest BCUT2D eigenvalue weighted by molar-refractivity contribution is -0.134. The number of anilines is 1. The highest BCUT2D eigenvalue weighted by atomic mass is 35.5. The van der Waals surface area contributed by atoms with Crippen molar-refractivity contribution in [2.24, 2.45) is 5.41 Å². The van der Waals surface area contributed by atoms with Gasteiger partial charge < -0.3 is 15.4 Å². The molecule has 0 heterocycles. The second kappa shape index (κ2) is 7.61. The fourth-order valence-electron chi connectivity index (χ4n) is 3.03. The molecule has 1 aliphatic carbocycles. The van der Waals surface area contributed by atoms with E-state index in [1.54, 1.807) is 12.1 Å². The molecular formula is C21H23ClN2O3. The van der Waals surface area contributed by atoms with E-state index in [0.29, 0.717) is 35.8 Å². The Balaban J connectivity index is 1.69. The first-order chi connectivity index (χ1) is 12.9. The number of benzene rings is 2. The molecule has 0 saturated heterocycles. The molecule has 0 aliphatic heterocycles. The van der Waals surface area contributed by atoms with Crippen LogP contribution in [0.5, 0.6) is 5.75 Å². The molecular weight excluding hydrogens is 364 g/mol. The summed E-state index contributed by atoms with van der Waals surface area (Å²) in [6, 6.07) is 11.3. The summed E-state index contributed by atoms with van der Waals surface area (Å²) in [5, 5.41) is 6.29. The van der Waals surface area contributed by atoms with Gasteiger partial charge in [-0.2, -0.15) is 0 Å². The molecule has 2 N–H and O–H groups in total. The molecule has 0 spiro atoms. The third-order valence-electron chi connectivity index (χ3n) is 4.88. The number of hydrogen-bond acceptors (Lipinski definition) is 3. The van der Waals surface area contributed by atoms with Crippen LogP contribution in [0.25, 0.3) is 0 Å². The van der Waals surface area contributed by atoms with E-state index in [9.17, 15) is 9.59 Å². The van der Waals surface area contributed by atoms with Gasteiger partial charge >= 0.3 is 0 Å². The van der Waals surface area contributed by atoms with Gasteiger partial charge in [0, 0.05) is 17.6 Å². The van der Waals surface area contributed by atoms with E-state index >= 15 is 0 Å². The minimum absolute atomic E-state index is 0.244. The molecule has 0 radical (unpaired) electrons. The second-order valence-corrected chi connectivity index (χ2v) is 7.42. The molecule has 0 bridgehead atoms. The first kappa shape index (κ1) is 19.2. The van der Waals surface area contributed by atoms with Crippen LogP contribution in [0.3, 0.4) is 0 Å². The number of carbonyl (C=O) groups excluding carboxylic acids is 2. The molecule has 2 aromatic rings. The number of halogens is 1. The van der Waals surface area contributed by atoms with E-state index in [0.717, 1.165) is 16.7 Å². The molecule has 0 unspecified atom stereocenters. The molecule has 27 heavy (non-hydrogen) atoms. The fourth-order valence-corrected chi connectivity index (χ4v) is 3.18. The zero-order chi connectivity index (χ0) is 19.6. The maximum atomic E-state index is 12.8. The van der Waals surface area contributed by atoms with E-state index in [-0.39, 0.29) is 11.8 Å². The van der Waals surface area contributed by atoms with Crippen molar-refractivity contribution in [2.45, 2.75) is 33.2 Å². The maximum Gasteiger partial charge on any atom is 0.240 e. The number of methoxy groups -OCH3 is 1. The summed E-state index contributed by atoms with van der Waals surface area (Å²) in [4.78, 5) is 25.5. The van der Waals surface area contributed by atoms with Crippen LogP contribution >= 0.6 is 11.6 Å². The lowest BCUT2D eigenvalue weighted by Gasteiger charge is -2.17. The number of ether oxygens (including phenoxy) is 1. The van der Waals surface area contributed by atoms with Gasteiger partial charge in [-0.1, -0.05) is 41.4 Å². The number of hydrogen-bond donors (Lipinski definition) is 2. The van der Waals surface area contributed by atoms with Crippen LogP contribution in [0.15, 0.2) is 36.4 Å². The van der Waals surface area contributed by atoms with Gasteiger partial charge in [0.15, 0.2) is 0 Å². The Morgan fingerprint density at radius 1 is 1.15 bits per heavy atom. The Kier molecular flexibility index (Phi) is 5.42. The maximum absolute atomic E-state index is 12.8. The average Bonchev–Trinajstić information content (AvgIpc) is 3.44. The molecule has 6 heteroatoms. The van der Waals surface area contributed by atoms with Crippen LogP contribution in [0.2, 0.25) is 5.02 Å². The Morgan fingerprint density at radius 3 is 2.52 bits per heavy atom. The summed E-state index contributed by atoms with van der Waals surface area (Å²) in [7, 11) is 1.51. The first-order valence-electron chi connectivity index (χ1n) is 8.85. The normalized spacial score (nSPS) is 14.4. The van der Waals surface area contributed by atoms with E-state index in [1.165, 1.54) is 7.11 Å². The first-order valence-corrected chi connectivity index (χ1v) is 9.23. The van der Waals surface area contributed by atoms with Crippen molar-refractivity contribution in [1.29, 1.82) is 0 Å². The number of rotatable bonds is 6. The van der Waals surface area contributed by atoms with Crippen molar-refractivity contribution in [3.63, 3.8) is 0 Å². The summed E-state index contributed by atoms with van der Waals surface area (Å²) in [5.74, 6) is -0.0923. The van der Waals surface area contributed by atoms with Crippen LogP contribution in [-0.4, -0.2) is 18.9 Å². The van der Waals surface area contributed by atoms with Crippen LogP contribution in [0, 0.1) is 19.3 Å². The van der Waals surface area contributed by atoms with E-state index in [2.05, 4.69) is 10.6 Å². The van der Waals surface area contributed by atoms with Crippen LogP contribution < -0.4 is 15.4 Å². The summed E-state index contributed by atoms with van der Waals surface area (Å²) in [5.41, 5.74) is 2.46. The third-order valence-corrected chi connectivity index (χ3v) is 5.29. The monoisotopic (exact) mass is 386 g/mol. The van der Waals surface area contributed by atoms with Crippen molar-refractivity contribution in [1.82, 2.24) is 5.32 Å². The molecule has 1 aliphatic rings. The zero-order valence-corrected chi connectivity index (χ0v) is 16.4. The third kappa shape index (κ3) is 4.08. The Morgan fingerprint density at radius 2 is 1.89 bits per heavy atom. The van der Waals surface area contributed by atoms with E-state index in [4.69, 9.17) is 16.3 Å². The molecule has 1 fully saturated rings. The predicted octanol–water partition coefficient (Wildman–Crippen LogP) is 4.00. The number of carbonyl (C=O) groups is 2. The standard InChI is InChI=1S/C21H23ClN2O3/c1-13-5-4-6-15(9-13)12-23-19(25)21(7-8-21)20(26)24-17-10-14(2)16(22)11-18(17)27-3/h4-6,9-11H,7-8,12H2,1-3H3,(H,23,25)(H,24,26). The van der Waals surface area contributed by atoms with Gasteiger partial charge in [-0.3, -0.25) is 9.59 Å². The lowest BCUT2D eigenvalue weighted by atomic mass is 10.0. The molecule has 2 amide bonds. The molecule has 0 aromatic heterocycles. The Labute approximate surface area is 164 Å². The van der Waals surface area contributed by atoms with Gasteiger partial charge in [0.2, 0.25) is 11.8 Å². The van der Waals surface area contributed by atoms with Crippen molar-refractivity contribution in [3.05, 3.63) is 58.1 Å². The molecule has 1 saturated carbocycles. The number of nitrogens with one attached hydrogen (secondary N) is 2. The van der Waals surface area contributed by atoms with Gasteiger partial charge in [-0.05, 0) is 43.9 Å². The smallest absolute Gasteiger partial charge is 0.240 e. The quantitative estimate of drug-likeness (QED) is 0.737. The topological polar surface area (TPSA) is 67.4 Å².